The summed E-state index contributed by atoms with van der Waals surface area (Å²) in [6, 6.07) is 10.8. The first-order valence-electron chi connectivity index (χ1n) is 9.09. The number of ether oxygens (including phenoxy) is 1. The lowest BCUT2D eigenvalue weighted by atomic mass is 9.97. The van der Waals surface area contributed by atoms with Crippen molar-refractivity contribution in [3.63, 3.8) is 0 Å². The molecule has 3 rings (SSSR count). The van der Waals surface area contributed by atoms with Gasteiger partial charge in [-0.25, -0.2) is 0 Å². The van der Waals surface area contributed by atoms with Crippen LogP contribution in [0.15, 0.2) is 36.4 Å². The van der Waals surface area contributed by atoms with E-state index in [1.54, 1.807) is 25.1 Å². The molecule has 1 atom stereocenters. The number of likely N-dealkylation sites (tertiary alicyclic amines) is 1. The molecule has 0 spiro atoms. The summed E-state index contributed by atoms with van der Waals surface area (Å²) < 4.78 is 5.70. The highest BCUT2D eigenvalue weighted by atomic mass is 35.5. The van der Waals surface area contributed by atoms with Crippen LogP contribution in [-0.4, -0.2) is 46.5 Å². The van der Waals surface area contributed by atoms with Gasteiger partial charge in [-0.15, -0.1) is 0 Å². The predicted octanol–water partition coefficient (Wildman–Crippen LogP) is 3.63. The van der Waals surface area contributed by atoms with E-state index in [0.717, 1.165) is 42.6 Å². The molecule has 1 aliphatic rings. The Balaban J connectivity index is 1.94. The number of rotatable bonds is 5. The second-order valence-corrected chi connectivity index (χ2v) is 7.34. The van der Waals surface area contributed by atoms with E-state index in [9.17, 15) is 15.0 Å². The van der Waals surface area contributed by atoms with Gasteiger partial charge < -0.3 is 19.8 Å². The van der Waals surface area contributed by atoms with Crippen LogP contribution in [0.2, 0.25) is 5.02 Å². The summed E-state index contributed by atoms with van der Waals surface area (Å²) >= 11 is 6.17. The fourth-order valence-corrected chi connectivity index (χ4v) is 3.45. The summed E-state index contributed by atoms with van der Waals surface area (Å²) in [5, 5.41) is 19.2. The zero-order chi connectivity index (χ0) is 19.6. The maximum absolute atomic E-state index is 12.6. The molecular weight excluding hydrogens is 366 g/mol. The van der Waals surface area contributed by atoms with Crippen LogP contribution < -0.4 is 4.74 Å². The first-order valence-corrected chi connectivity index (χ1v) is 9.47. The lowest BCUT2D eigenvalue weighted by molar-refractivity contribution is -0.105. The van der Waals surface area contributed by atoms with E-state index < -0.39 is 12.4 Å². The Morgan fingerprint density at radius 2 is 1.81 bits per heavy atom. The Bertz CT molecular complexity index is 831. The summed E-state index contributed by atoms with van der Waals surface area (Å²) in [6.45, 7) is 5.14. The van der Waals surface area contributed by atoms with Gasteiger partial charge in [0.2, 0.25) is 0 Å². The van der Waals surface area contributed by atoms with Crippen molar-refractivity contribution in [1.82, 2.24) is 4.90 Å². The van der Waals surface area contributed by atoms with Gasteiger partial charge in [-0.3, -0.25) is 4.79 Å². The minimum atomic E-state index is -1.59. The summed E-state index contributed by atoms with van der Waals surface area (Å²) in [5.41, 5.74) is 3.21. The van der Waals surface area contributed by atoms with Crippen LogP contribution in [0.4, 0.5) is 0 Å². The second-order valence-electron chi connectivity index (χ2n) is 6.91. The summed E-state index contributed by atoms with van der Waals surface area (Å²) in [4.78, 5) is 14.5. The maximum Gasteiger partial charge on any atom is 0.253 e. The molecule has 1 heterocycles. The molecule has 5 nitrogen and oxygen atoms in total. The Morgan fingerprint density at radius 1 is 1.11 bits per heavy atom. The van der Waals surface area contributed by atoms with Crippen molar-refractivity contribution in [2.24, 2.45) is 0 Å². The number of hydrogen-bond donors (Lipinski definition) is 2. The van der Waals surface area contributed by atoms with Crippen LogP contribution in [0.3, 0.4) is 0 Å². The van der Waals surface area contributed by atoms with Crippen molar-refractivity contribution >= 4 is 17.5 Å². The highest BCUT2D eigenvalue weighted by Crippen LogP contribution is 2.36. The average Bonchev–Trinajstić information content (AvgIpc) is 3.17. The van der Waals surface area contributed by atoms with Crippen molar-refractivity contribution in [3.8, 4) is 16.9 Å². The highest BCUT2D eigenvalue weighted by Gasteiger charge is 2.21. The summed E-state index contributed by atoms with van der Waals surface area (Å²) in [7, 11) is 0. The number of aliphatic hydroxyl groups is 2. The average molecular weight is 390 g/mol. The van der Waals surface area contributed by atoms with Crippen molar-refractivity contribution in [3.05, 3.63) is 52.5 Å². The molecule has 1 aliphatic heterocycles. The van der Waals surface area contributed by atoms with Crippen molar-refractivity contribution in [2.45, 2.75) is 39.1 Å². The quantitative estimate of drug-likeness (QED) is 0.766. The monoisotopic (exact) mass is 389 g/mol. The summed E-state index contributed by atoms with van der Waals surface area (Å²) in [5.74, 6) is 0.559. The first-order chi connectivity index (χ1) is 12.9. The Morgan fingerprint density at radius 3 is 2.44 bits per heavy atom. The van der Waals surface area contributed by atoms with Gasteiger partial charge in [0.1, 0.15) is 11.9 Å². The van der Waals surface area contributed by atoms with Gasteiger partial charge in [-0.2, -0.15) is 0 Å². The molecule has 0 radical (unpaired) electrons. The maximum atomic E-state index is 12.6. The van der Waals surface area contributed by atoms with Gasteiger partial charge in [-0.05, 0) is 68.1 Å². The normalized spacial score (nSPS) is 15.3. The van der Waals surface area contributed by atoms with Gasteiger partial charge in [0.15, 0.2) is 6.29 Å². The van der Waals surface area contributed by atoms with Crippen LogP contribution in [0.1, 0.15) is 35.7 Å². The molecule has 0 aromatic heterocycles. The van der Waals surface area contributed by atoms with Crippen molar-refractivity contribution < 1.29 is 19.7 Å². The number of amides is 1. The van der Waals surface area contributed by atoms with E-state index in [4.69, 9.17) is 16.3 Å². The molecule has 6 heteroatoms. The smallest absolute Gasteiger partial charge is 0.253 e. The topological polar surface area (TPSA) is 70.0 Å². The zero-order valence-electron chi connectivity index (χ0n) is 15.5. The number of carbonyl (C=O) groups excluding carboxylic acids is 1. The van der Waals surface area contributed by atoms with E-state index in [1.807, 2.05) is 30.0 Å². The minimum Gasteiger partial charge on any atom is -0.485 e. The zero-order valence-corrected chi connectivity index (χ0v) is 16.2. The molecule has 2 N–H and O–H groups in total. The first kappa shape index (κ1) is 19.7. The highest BCUT2D eigenvalue weighted by molar-refractivity contribution is 6.31. The number of hydrogen-bond acceptors (Lipinski definition) is 4. The van der Waals surface area contributed by atoms with Gasteiger partial charge in [-0.1, -0.05) is 17.7 Å². The predicted molar refractivity (Wildman–Crippen MR) is 105 cm³/mol. The third kappa shape index (κ3) is 4.43. The van der Waals surface area contributed by atoms with E-state index >= 15 is 0 Å². The van der Waals surface area contributed by atoms with Crippen LogP contribution >= 0.6 is 11.6 Å². The molecule has 144 valence electrons. The number of aliphatic hydroxyl groups excluding tert-OH is 1. The molecule has 1 fully saturated rings. The van der Waals surface area contributed by atoms with Gasteiger partial charge in [0, 0.05) is 29.2 Å². The van der Waals surface area contributed by atoms with Crippen LogP contribution in [0.25, 0.3) is 11.1 Å². The molecule has 0 bridgehead atoms. The molecular formula is C21H24ClNO4. The van der Waals surface area contributed by atoms with E-state index in [2.05, 4.69) is 0 Å². The number of aryl methyl sites for hydroxylation is 1. The fraction of sp³-hybridized carbons (Fsp3) is 0.381. The van der Waals surface area contributed by atoms with Gasteiger partial charge >= 0.3 is 0 Å². The molecule has 2 aromatic rings. The number of halogens is 1. The SMILES string of the molecule is Cc1cc(C(=O)N2CCCC2)ccc1-c1cc(Cl)ccc1O[C@@H](C)C(O)O. The van der Waals surface area contributed by atoms with Crippen LogP contribution in [0.5, 0.6) is 5.75 Å². The Hall–Kier alpha value is -2.08. The molecule has 27 heavy (non-hydrogen) atoms. The fourth-order valence-electron chi connectivity index (χ4n) is 3.28. The van der Waals surface area contributed by atoms with E-state index in [-0.39, 0.29) is 5.91 Å². The van der Waals surface area contributed by atoms with Gasteiger partial charge in [0.05, 0.1) is 0 Å². The Kier molecular flexibility index (Phi) is 6.05. The standard InChI is InChI=1S/C21H24ClNO4/c1-13-11-15(20(24)23-9-3-4-10-23)5-7-17(13)18-12-16(22)6-8-19(18)27-14(2)21(25)26/h5-8,11-12,14,21,25-26H,3-4,9-10H2,1-2H3/t14-/m0/s1. The minimum absolute atomic E-state index is 0.0572. The third-order valence-electron chi connectivity index (χ3n) is 4.83. The molecule has 0 saturated carbocycles. The largest absolute Gasteiger partial charge is 0.485 e. The molecule has 1 amide bonds. The molecule has 0 unspecified atom stereocenters. The van der Waals surface area contributed by atoms with Crippen LogP contribution in [0, 0.1) is 6.92 Å². The van der Waals surface area contributed by atoms with E-state index in [1.165, 1.54) is 0 Å². The molecule has 1 saturated heterocycles. The van der Waals surface area contributed by atoms with E-state index in [0.29, 0.717) is 16.3 Å². The lowest BCUT2D eigenvalue weighted by Crippen LogP contribution is -2.28. The number of carbonyl (C=O) groups is 1. The summed E-state index contributed by atoms with van der Waals surface area (Å²) in [6.07, 6.45) is -0.265. The van der Waals surface area contributed by atoms with Crippen molar-refractivity contribution in [2.75, 3.05) is 13.1 Å². The molecule has 2 aromatic carbocycles. The molecule has 0 aliphatic carbocycles. The second kappa shape index (κ2) is 8.30. The third-order valence-corrected chi connectivity index (χ3v) is 5.07. The van der Waals surface area contributed by atoms with Crippen LogP contribution in [-0.2, 0) is 0 Å². The number of benzene rings is 2. The van der Waals surface area contributed by atoms with Gasteiger partial charge in [0.25, 0.3) is 5.91 Å². The van der Waals surface area contributed by atoms with Crippen molar-refractivity contribution in [1.29, 1.82) is 0 Å². The number of nitrogens with zero attached hydrogens (tertiary/aromatic N) is 1. The Labute approximate surface area is 164 Å². The lowest BCUT2D eigenvalue weighted by Gasteiger charge is -2.20.